The Balaban J connectivity index is 1.89. The van der Waals surface area contributed by atoms with Crippen molar-refractivity contribution >= 4 is 0 Å². The van der Waals surface area contributed by atoms with Gasteiger partial charge in [0, 0.05) is 5.56 Å². The predicted octanol–water partition coefficient (Wildman–Crippen LogP) is 6.56. The van der Waals surface area contributed by atoms with Crippen LogP contribution in [0.5, 0.6) is 5.75 Å². The third-order valence-corrected chi connectivity index (χ3v) is 4.25. The van der Waals surface area contributed by atoms with Crippen LogP contribution in [0, 0.1) is 11.6 Å². The second-order valence-corrected chi connectivity index (χ2v) is 6.04. The van der Waals surface area contributed by atoms with Crippen molar-refractivity contribution in [2.24, 2.45) is 0 Å². The molecule has 0 radical (unpaired) electrons. The molecule has 1 nitrogen and oxygen atoms in total. The Morgan fingerprint density at radius 1 is 0.769 bits per heavy atom. The van der Waals surface area contributed by atoms with E-state index >= 15 is 0 Å². The van der Waals surface area contributed by atoms with E-state index in [4.69, 9.17) is 0 Å². The van der Waals surface area contributed by atoms with E-state index in [1.807, 2.05) is 24.3 Å². The zero-order chi connectivity index (χ0) is 18.5. The summed E-state index contributed by atoms with van der Waals surface area (Å²) >= 11 is 0. The lowest BCUT2D eigenvalue weighted by atomic mass is 9.98. The number of hydrogen-bond donors (Lipinski definition) is 0. The quantitative estimate of drug-likeness (QED) is 0.486. The number of halogens is 3. The molecule has 3 aromatic rings. The van der Waals surface area contributed by atoms with E-state index in [1.54, 1.807) is 12.1 Å². The lowest BCUT2D eigenvalue weighted by Crippen LogP contribution is -1.94. The van der Waals surface area contributed by atoms with Crippen LogP contribution < -0.4 is 4.74 Å². The molecule has 0 heterocycles. The van der Waals surface area contributed by atoms with Crippen LogP contribution in [-0.2, 0) is 6.42 Å². The van der Waals surface area contributed by atoms with Crippen molar-refractivity contribution in [3.8, 4) is 28.0 Å². The summed E-state index contributed by atoms with van der Waals surface area (Å²) in [7, 11) is 0. The summed E-state index contributed by atoms with van der Waals surface area (Å²) in [6.45, 7) is 1.01. The van der Waals surface area contributed by atoms with Crippen molar-refractivity contribution in [2.45, 2.75) is 19.8 Å². The number of benzene rings is 3. The maximum absolute atomic E-state index is 14.6. The lowest BCUT2D eigenvalue weighted by molar-refractivity contribution is 0.184. The maximum Gasteiger partial charge on any atom is 0.228 e. The van der Waals surface area contributed by atoms with Gasteiger partial charge in [-0.1, -0.05) is 55.8 Å². The smallest absolute Gasteiger partial charge is 0.228 e. The van der Waals surface area contributed by atoms with Crippen molar-refractivity contribution in [2.75, 3.05) is 6.86 Å². The summed E-state index contributed by atoms with van der Waals surface area (Å²) in [5.74, 6) is -1.37. The molecule has 0 aliphatic heterocycles. The standard InChI is InChI=1S/C22H19F3O/c1-2-3-15-4-6-16(7-5-15)17-8-10-19(20(24)12-17)18-9-11-22(26-14-23)21(25)13-18/h4-13H,2-3,14H2,1H3. The van der Waals surface area contributed by atoms with Gasteiger partial charge in [-0.25, -0.2) is 13.2 Å². The molecule has 134 valence electrons. The summed E-state index contributed by atoms with van der Waals surface area (Å²) in [5, 5.41) is 0. The first kappa shape index (κ1) is 18.1. The molecule has 26 heavy (non-hydrogen) atoms. The zero-order valence-electron chi connectivity index (χ0n) is 14.4. The minimum absolute atomic E-state index is 0.194. The molecule has 0 unspecified atom stereocenters. The number of aryl methyl sites for hydroxylation is 1. The van der Waals surface area contributed by atoms with E-state index < -0.39 is 18.5 Å². The van der Waals surface area contributed by atoms with Crippen molar-refractivity contribution in [3.63, 3.8) is 0 Å². The molecule has 0 aromatic heterocycles. The van der Waals surface area contributed by atoms with E-state index in [2.05, 4.69) is 11.7 Å². The fraction of sp³-hybridized carbons (Fsp3) is 0.182. The molecule has 0 atom stereocenters. The monoisotopic (exact) mass is 356 g/mol. The summed E-state index contributed by atoms with van der Waals surface area (Å²) in [6, 6.07) is 16.8. The molecule has 0 spiro atoms. The van der Waals surface area contributed by atoms with Gasteiger partial charge in [0.15, 0.2) is 11.6 Å². The first-order valence-electron chi connectivity index (χ1n) is 8.50. The van der Waals surface area contributed by atoms with Gasteiger partial charge in [-0.3, -0.25) is 0 Å². The van der Waals surface area contributed by atoms with Gasteiger partial charge in [0.2, 0.25) is 6.86 Å². The Bertz CT molecular complexity index is 888. The van der Waals surface area contributed by atoms with E-state index in [0.29, 0.717) is 5.56 Å². The van der Waals surface area contributed by atoms with Crippen molar-refractivity contribution in [1.82, 2.24) is 0 Å². The lowest BCUT2D eigenvalue weighted by Gasteiger charge is -2.09. The van der Waals surface area contributed by atoms with Crippen LogP contribution >= 0.6 is 0 Å². The highest BCUT2D eigenvalue weighted by Crippen LogP contribution is 2.30. The minimum Gasteiger partial charge on any atom is -0.460 e. The molecular weight excluding hydrogens is 337 g/mol. The molecule has 0 N–H and O–H groups in total. The van der Waals surface area contributed by atoms with E-state index in [1.165, 1.54) is 23.8 Å². The highest BCUT2D eigenvalue weighted by Gasteiger charge is 2.11. The Kier molecular flexibility index (Phi) is 5.61. The van der Waals surface area contributed by atoms with Gasteiger partial charge in [-0.2, -0.15) is 0 Å². The number of alkyl halides is 1. The van der Waals surface area contributed by atoms with Gasteiger partial charge in [-0.15, -0.1) is 0 Å². The molecule has 4 heteroatoms. The van der Waals surface area contributed by atoms with Crippen molar-refractivity contribution in [1.29, 1.82) is 0 Å². The largest absolute Gasteiger partial charge is 0.460 e. The fourth-order valence-corrected chi connectivity index (χ4v) is 2.93. The van der Waals surface area contributed by atoms with Crippen LogP contribution in [0.3, 0.4) is 0 Å². The normalized spacial score (nSPS) is 10.8. The van der Waals surface area contributed by atoms with Crippen LogP contribution in [-0.4, -0.2) is 6.86 Å². The fourth-order valence-electron chi connectivity index (χ4n) is 2.93. The highest BCUT2D eigenvalue weighted by atomic mass is 19.1. The first-order valence-corrected chi connectivity index (χ1v) is 8.50. The first-order chi connectivity index (χ1) is 12.6. The highest BCUT2D eigenvalue weighted by molar-refractivity contribution is 5.71. The summed E-state index contributed by atoms with van der Waals surface area (Å²) in [5.41, 5.74) is 3.58. The van der Waals surface area contributed by atoms with Gasteiger partial charge < -0.3 is 4.74 Å². The van der Waals surface area contributed by atoms with E-state index in [0.717, 1.165) is 30.0 Å². The van der Waals surface area contributed by atoms with Crippen LogP contribution in [0.2, 0.25) is 0 Å². The molecule has 0 saturated carbocycles. The van der Waals surface area contributed by atoms with Gasteiger partial charge in [0.05, 0.1) is 0 Å². The van der Waals surface area contributed by atoms with Crippen LogP contribution in [0.1, 0.15) is 18.9 Å². The van der Waals surface area contributed by atoms with Crippen LogP contribution in [0.15, 0.2) is 60.7 Å². The third kappa shape index (κ3) is 3.90. The second kappa shape index (κ2) is 8.09. The number of rotatable bonds is 6. The molecular formula is C22H19F3O. The SMILES string of the molecule is CCCc1ccc(-c2ccc(-c3ccc(OCF)c(F)c3)c(F)c2)cc1. The molecule has 0 saturated heterocycles. The number of hydrogen-bond acceptors (Lipinski definition) is 1. The van der Waals surface area contributed by atoms with Gasteiger partial charge in [0.1, 0.15) is 5.82 Å². The van der Waals surface area contributed by atoms with Gasteiger partial charge >= 0.3 is 0 Å². The molecule has 0 amide bonds. The Labute approximate surface area is 151 Å². The summed E-state index contributed by atoms with van der Waals surface area (Å²) < 4.78 is 45.2. The molecule has 3 rings (SSSR count). The van der Waals surface area contributed by atoms with Crippen molar-refractivity contribution in [3.05, 3.63) is 77.9 Å². The zero-order valence-corrected chi connectivity index (χ0v) is 14.4. The second-order valence-electron chi connectivity index (χ2n) is 6.04. The van der Waals surface area contributed by atoms with Gasteiger partial charge in [-0.05, 0) is 46.9 Å². The topological polar surface area (TPSA) is 9.23 Å². The van der Waals surface area contributed by atoms with Gasteiger partial charge in [0.25, 0.3) is 0 Å². The average Bonchev–Trinajstić information content (AvgIpc) is 2.64. The van der Waals surface area contributed by atoms with Crippen LogP contribution in [0.4, 0.5) is 13.2 Å². The Hall–Kier alpha value is -2.75. The third-order valence-electron chi connectivity index (χ3n) is 4.25. The van der Waals surface area contributed by atoms with E-state index in [-0.39, 0.29) is 11.3 Å². The number of ether oxygens (including phenoxy) is 1. The Morgan fingerprint density at radius 3 is 2.04 bits per heavy atom. The maximum atomic E-state index is 14.6. The Morgan fingerprint density at radius 2 is 1.42 bits per heavy atom. The predicted molar refractivity (Wildman–Crippen MR) is 97.8 cm³/mol. The minimum atomic E-state index is -1.11. The summed E-state index contributed by atoms with van der Waals surface area (Å²) in [6.07, 6.45) is 2.09. The van der Waals surface area contributed by atoms with Crippen molar-refractivity contribution < 1.29 is 17.9 Å². The molecule has 0 fully saturated rings. The summed E-state index contributed by atoms with van der Waals surface area (Å²) in [4.78, 5) is 0. The molecule has 3 aromatic carbocycles. The molecule has 0 bridgehead atoms. The van der Waals surface area contributed by atoms with E-state index in [9.17, 15) is 13.2 Å². The molecule has 0 aliphatic rings. The molecule has 0 aliphatic carbocycles. The van der Waals surface area contributed by atoms with Crippen LogP contribution in [0.25, 0.3) is 22.3 Å². The average molecular weight is 356 g/mol.